The van der Waals surface area contributed by atoms with Gasteiger partial charge in [-0.1, -0.05) is 31.4 Å². The second-order valence-corrected chi connectivity index (χ2v) is 5.66. The van der Waals surface area contributed by atoms with Crippen molar-refractivity contribution in [1.82, 2.24) is 10.2 Å². The van der Waals surface area contributed by atoms with Gasteiger partial charge in [-0.2, -0.15) is 0 Å². The van der Waals surface area contributed by atoms with Crippen molar-refractivity contribution in [2.45, 2.75) is 32.2 Å². The summed E-state index contributed by atoms with van der Waals surface area (Å²) in [4.78, 5) is 2.17. The van der Waals surface area contributed by atoms with E-state index in [1.807, 2.05) is 0 Å². The largest absolute Gasteiger partial charge is 0.314 e. The lowest BCUT2D eigenvalue weighted by molar-refractivity contribution is 0.156. The van der Waals surface area contributed by atoms with E-state index in [0.717, 1.165) is 45.4 Å². The number of piperazine rings is 1. The van der Waals surface area contributed by atoms with Crippen LogP contribution in [0.3, 0.4) is 0 Å². The monoisotopic (exact) mass is 374 g/mol. The smallest absolute Gasteiger partial charge is 0.132 e. The molecule has 0 aromatic heterocycles. The van der Waals surface area contributed by atoms with Gasteiger partial charge in [-0.25, -0.2) is 8.78 Å². The first kappa shape index (κ1) is 21.9. The van der Waals surface area contributed by atoms with Crippen molar-refractivity contribution in [2.75, 3.05) is 26.2 Å². The molecule has 128 valence electrons. The zero-order chi connectivity index (χ0) is 14.5. The van der Waals surface area contributed by atoms with Gasteiger partial charge in [0.1, 0.15) is 11.6 Å². The highest BCUT2D eigenvalue weighted by molar-refractivity contribution is 6.30. The summed E-state index contributed by atoms with van der Waals surface area (Å²) < 4.78 is 28.4. The summed E-state index contributed by atoms with van der Waals surface area (Å²) in [5.74, 6) is -1.07. The number of benzene rings is 1. The number of hydrogen-bond acceptors (Lipinski definition) is 2. The normalized spacial score (nSPS) is 16.5. The quantitative estimate of drug-likeness (QED) is 0.809. The maximum Gasteiger partial charge on any atom is 0.132 e. The van der Waals surface area contributed by atoms with E-state index in [0.29, 0.717) is 0 Å². The molecular formula is C15H23Cl3F2N2. The molecule has 1 heterocycles. The number of rotatable bonds is 5. The summed E-state index contributed by atoms with van der Waals surface area (Å²) in [5.41, 5.74) is 0.171. The van der Waals surface area contributed by atoms with E-state index in [1.54, 1.807) is 0 Å². The lowest BCUT2D eigenvalue weighted by atomic mass is 9.97. The third-order valence-electron chi connectivity index (χ3n) is 3.80. The summed E-state index contributed by atoms with van der Waals surface area (Å²) in [7, 11) is 0. The summed E-state index contributed by atoms with van der Waals surface area (Å²) >= 11 is 5.71. The van der Waals surface area contributed by atoms with Gasteiger partial charge in [0.25, 0.3) is 0 Å². The molecule has 1 aliphatic rings. The molecule has 1 atom stereocenters. The first-order valence-corrected chi connectivity index (χ1v) is 7.60. The number of hydrogen-bond donors (Lipinski definition) is 1. The first-order valence-electron chi connectivity index (χ1n) is 7.22. The average Bonchev–Trinajstić information content (AvgIpc) is 2.42. The van der Waals surface area contributed by atoms with Crippen LogP contribution in [0.15, 0.2) is 12.1 Å². The molecule has 0 bridgehead atoms. The predicted molar refractivity (Wildman–Crippen MR) is 92.6 cm³/mol. The molecule has 1 saturated heterocycles. The number of nitrogens with zero attached hydrogens (tertiary/aromatic N) is 1. The maximum atomic E-state index is 14.2. The fraction of sp³-hybridized carbons (Fsp3) is 0.600. The zero-order valence-electron chi connectivity index (χ0n) is 12.6. The third kappa shape index (κ3) is 5.50. The Balaban J connectivity index is 0.00000220. The summed E-state index contributed by atoms with van der Waals surface area (Å²) in [5, 5.41) is 3.37. The molecule has 1 aliphatic heterocycles. The standard InChI is InChI=1S/C15H21ClF2N2.2ClH/c1-2-3-4-14(20-7-5-19-6-8-20)15-12(17)9-11(16)10-13(15)18;;/h9-10,14,19H,2-8H2,1H3;2*1H/t14-;;/m0../s1. The van der Waals surface area contributed by atoms with E-state index in [-0.39, 0.29) is 41.4 Å². The summed E-state index contributed by atoms with van der Waals surface area (Å²) in [6.07, 6.45) is 2.74. The molecule has 1 aromatic carbocycles. The molecule has 0 amide bonds. The van der Waals surface area contributed by atoms with Crippen LogP contribution in [0.25, 0.3) is 0 Å². The minimum Gasteiger partial charge on any atom is -0.314 e. The molecule has 0 aliphatic carbocycles. The molecule has 1 N–H and O–H groups in total. The Labute approximate surface area is 148 Å². The van der Waals surface area contributed by atoms with E-state index >= 15 is 0 Å². The highest BCUT2D eigenvalue weighted by Gasteiger charge is 2.27. The van der Waals surface area contributed by atoms with Crippen molar-refractivity contribution in [3.8, 4) is 0 Å². The van der Waals surface area contributed by atoms with Crippen LogP contribution in [0.2, 0.25) is 5.02 Å². The highest BCUT2D eigenvalue weighted by Crippen LogP contribution is 2.32. The molecule has 2 nitrogen and oxygen atoms in total. The molecular weight excluding hydrogens is 353 g/mol. The van der Waals surface area contributed by atoms with Crippen molar-refractivity contribution in [3.05, 3.63) is 34.4 Å². The zero-order valence-corrected chi connectivity index (χ0v) is 15.0. The Bertz CT molecular complexity index is 431. The maximum absolute atomic E-state index is 14.2. The average molecular weight is 376 g/mol. The number of nitrogens with one attached hydrogen (secondary N) is 1. The topological polar surface area (TPSA) is 15.3 Å². The van der Waals surface area contributed by atoms with Crippen LogP contribution in [0, 0.1) is 11.6 Å². The molecule has 7 heteroatoms. The Morgan fingerprint density at radius 1 is 1.18 bits per heavy atom. The number of halogens is 5. The van der Waals surface area contributed by atoms with Crippen molar-refractivity contribution in [1.29, 1.82) is 0 Å². The third-order valence-corrected chi connectivity index (χ3v) is 4.02. The van der Waals surface area contributed by atoms with Crippen LogP contribution in [-0.2, 0) is 0 Å². The van der Waals surface area contributed by atoms with Gasteiger partial charge >= 0.3 is 0 Å². The van der Waals surface area contributed by atoms with Gasteiger partial charge in [0, 0.05) is 42.8 Å². The van der Waals surface area contributed by atoms with Gasteiger partial charge in [0.05, 0.1) is 0 Å². The van der Waals surface area contributed by atoms with Crippen LogP contribution >= 0.6 is 36.4 Å². The van der Waals surface area contributed by atoms with Gasteiger partial charge in [-0.15, -0.1) is 24.8 Å². The van der Waals surface area contributed by atoms with Crippen LogP contribution in [0.5, 0.6) is 0 Å². The Kier molecular flexibility index (Phi) is 10.5. The molecule has 2 rings (SSSR count). The van der Waals surface area contributed by atoms with Crippen LogP contribution < -0.4 is 5.32 Å². The van der Waals surface area contributed by atoms with Crippen molar-refractivity contribution in [3.63, 3.8) is 0 Å². The predicted octanol–water partition coefficient (Wildman–Crippen LogP) is 4.60. The lowest BCUT2D eigenvalue weighted by Gasteiger charge is -2.35. The van der Waals surface area contributed by atoms with E-state index in [4.69, 9.17) is 11.6 Å². The van der Waals surface area contributed by atoms with Crippen molar-refractivity contribution in [2.24, 2.45) is 0 Å². The Morgan fingerprint density at radius 2 is 1.73 bits per heavy atom. The molecule has 1 fully saturated rings. The second-order valence-electron chi connectivity index (χ2n) is 5.23. The molecule has 0 spiro atoms. The first-order chi connectivity index (χ1) is 9.63. The minimum absolute atomic E-state index is 0. The number of unbranched alkanes of at least 4 members (excludes halogenated alkanes) is 1. The Morgan fingerprint density at radius 3 is 2.23 bits per heavy atom. The van der Waals surface area contributed by atoms with E-state index in [2.05, 4.69) is 17.1 Å². The van der Waals surface area contributed by atoms with Crippen molar-refractivity contribution >= 4 is 36.4 Å². The fourth-order valence-corrected chi connectivity index (χ4v) is 2.96. The van der Waals surface area contributed by atoms with E-state index in [1.165, 1.54) is 12.1 Å². The van der Waals surface area contributed by atoms with Crippen molar-refractivity contribution < 1.29 is 8.78 Å². The molecule has 0 unspecified atom stereocenters. The molecule has 1 aromatic rings. The van der Waals surface area contributed by atoms with Crippen LogP contribution in [0.4, 0.5) is 8.78 Å². The summed E-state index contributed by atoms with van der Waals surface area (Å²) in [6, 6.07) is 2.22. The SMILES string of the molecule is CCCC[C@@H](c1c(F)cc(Cl)cc1F)N1CCNCC1.Cl.Cl. The van der Waals surface area contributed by atoms with E-state index < -0.39 is 11.6 Å². The van der Waals surface area contributed by atoms with Gasteiger partial charge in [0.2, 0.25) is 0 Å². The molecule has 0 saturated carbocycles. The summed E-state index contributed by atoms with van der Waals surface area (Å²) in [6.45, 7) is 5.44. The van der Waals surface area contributed by atoms with Crippen LogP contribution in [-0.4, -0.2) is 31.1 Å². The van der Waals surface area contributed by atoms with Gasteiger partial charge in [-0.05, 0) is 18.6 Å². The molecule has 0 radical (unpaired) electrons. The van der Waals surface area contributed by atoms with Gasteiger partial charge in [0.15, 0.2) is 0 Å². The highest BCUT2D eigenvalue weighted by atomic mass is 35.5. The molecule has 22 heavy (non-hydrogen) atoms. The van der Waals surface area contributed by atoms with Gasteiger partial charge in [-0.3, -0.25) is 4.90 Å². The van der Waals surface area contributed by atoms with Gasteiger partial charge < -0.3 is 5.32 Å². The minimum atomic E-state index is -0.533. The van der Waals surface area contributed by atoms with E-state index in [9.17, 15) is 8.78 Å². The fourth-order valence-electron chi connectivity index (χ4n) is 2.77. The van der Waals surface area contributed by atoms with Crippen LogP contribution in [0.1, 0.15) is 37.8 Å². The Hall–Kier alpha value is -0.130. The second kappa shape index (κ2) is 10.6. The lowest BCUT2D eigenvalue weighted by Crippen LogP contribution is -2.45.